The molecule has 0 saturated heterocycles. The van der Waals surface area contributed by atoms with Crippen molar-refractivity contribution in [2.45, 2.75) is 19.8 Å². The maximum atomic E-state index is 13.2. The van der Waals surface area contributed by atoms with E-state index in [1.54, 1.807) is 18.2 Å². The van der Waals surface area contributed by atoms with Crippen molar-refractivity contribution in [2.75, 3.05) is 5.73 Å². The molecule has 0 fully saturated rings. The molecule has 0 spiro atoms. The molecule has 0 saturated carbocycles. The molecule has 5 heteroatoms. The van der Waals surface area contributed by atoms with Gasteiger partial charge in [0.25, 0.3) is 0 Å². The van der Waals surface area contributed by atoms with Gasteiger partial charge in [-0.1, -0.05) is 13.8 Å². The fourth-order valence-electron chi connectivity index (χ4n) is 1.55. The van der Waals surface area contributed by atoms with Crippen molar-refractivity contribution in [1.82, 2.24) is 9.97 Å². The zero-order chi connectivity index (χ0) is 13.3. The molecule has 1 aromatic carbocycles. The first-order valence-electron chi connectivity index (χ1n) is 5.57. The van der Waals surface area contributed by atoms with Crippen LogP contribution in [-0.2, 0) is 0 Å². The zero-order valence-electron chi connectivity index (χ0n) is 10.1. The van der Waals surface area contributed by atoms with E-state index >= 15 is 0 Å². The molecule has 0 unspecified atom stereocenters. The van der Waals surface area contributed by atoms with Gasteiger partial charge in [-0.05, 0) is 40.0 Å². The summed E-state index contributed by atoms with van der Waals surface area (Å²) in [4.78, 5) is 8.62. The van der Waals surface area contributed by atoms with Crippen molar-refractivity contribution in [2.24, 2.45) is 0 Å². The van der Waals surface area contributed by atoms with E-state index in [4.69, 9.17) is 5.73 Å². The second kappa shape index (κ2) is 5.02. The van der Waals surface area contributed by atoms with Crippen LogP contribution in [0.2, 0.25) is 0 Å². The molecular formula is C13H13BrFN3. The van der Waals surface area contributed by atoms with Gasteiger partial charge in [-0.15, -0.1) is 0 Å². The number of aromatic nitrogens is 2. The van der Waals surface area contributed by atoms with Crippen molar-refractivity contribution < 1.29 is 4.39 Å². The van der Waals surface area contributed by atoms with Crippen molar-refractivity contribution >= 4 is 21.7 Å². The van der Waals surface area contributed by atoms with Gasteiger partial charge in [-0.3, -0.25) is 0 Å². The number of rotatable bonds is 2. The van der Waals surface area contributed by atoms with Gasteiger partial charge in [0.1, 0.15) is 11.6 Å². The van der Waals surface area contributed by atoms with Gasteiger partial charge < -0.3 is 5.73 Å². The van der Waals surface area contributed by atoms with Gasteiger partial charge in [0, 0.05) is 17.3 Å². The Labute approximate surface area is 113 Å². The summed E-state index contributed by atoms with van der Waals surface area (Å²) in [6, 6.07) is 6.42. The fourth-order valence-corrected chi connectivity index (χ4v) is 1.92. The molecule has 0 aliphatic heterocycles. The number of nitrogens with two attached hydrogens (primary N) is 1. The van der Waals surface area contributed by atoms with E-state index in [-0.39, 0.29) is 11.7 Å². The SMILES string of the molecule is CC(C)c1cc(N)nc(-c2ccc(F)c(Br)c2)n1. The van der Waals surface area contributed by atoms with Gasteiger partial charge in [-0.25, -0.2) is 14.4 Å². The monoisotopic (exact) mass is 309 g/mol. The molecule has 0 radical (unpaired) electrons. The first-order valence-corrected chi connectivity index (χ1v) is 6.36. The predicted octanol–water partition coefficient (Wildman–Crippen LogP) is 3.75. The number of nitrogens with zero attached hydrogens (tertiary/aromatic N) is 2. The van der Waals surface area contributed by atoms with E-state index in [1.165, 1.54) is 6.07 Å². The molecule has 0 bridgehead atoms. The lowest BCUT2D eigenvalue weighted by atomic mass is 10.1. The molecule has 2 rings (SSSR count). The second-order valence-electron chi connectivity index (χ2n) is 4.32. The summed E-state index contributed by atoms with van der Waals surface area (Å²) in [6.07, 6.45) is 0. The molecule has 0 amide bonds. The van der Waals surface area contributed by atoms with E-state index in [0.717, 1.165) is 11.3 Å². The molecule has 0 atom stereocenters. The van der Waals surface area contributed by atoms with Crippen molar-refractivity contribution in [1.29, 1.82) is 0 Å². The van der Waals surface area contributed by atoms with Gasteiger partial charge in [0.15, 0.2) is 5.82 Å². The molecule has 18 heavy (non-hydrogen) atoms. The highest BCUT2D eigenvalue weighted by Gasteiger charge is 2.09. The second-order valence-corrected chi connectivity index (χ2v) is 5.18. The van der Waals surface area contributed by atoms with Gasteiger partial charge >= 0.3 is 0 Å². The summed E-state index contributed by atoms with van der Waals surface area (Å²) >= 11 is 3.15. The van der Waals surface area contributed by atoms with Gasteiger partial charge in [0.05, 0.1) is 4.47 Å². The highest BCUT2D eigenvalue weighted by Crippen LogP contribution is 2.25. The number of benzene rings is 1. The quantitative estimate of drug-likeness (QED) is 0.919. The Bertz CT molecular complexity index is 584. The van der Waals surface area contributed by atoms with Crippen LogP contribution in [-0.4, -0.2) is 9.97 Å². The van der Waals surface area contributed by atoms with Crippen LogP contribution in [0.15, 0.2) is 28.7 Å². The fraction of sp³-hybridized carbons (Fsp3) is 0.231. The van der Waals surface area contributed by atoms with Crippen molar-refractivity contribution in [3.05, 3.63) is 40.2 Å². The Balaban J connectivity index is 2.53. The third-order valence-corrected chi connectivity index (χ3v) is 3.14. The molecule has 2 N–H and O–H groups in total. The van der Waals surface area contributed by atoms with Crippen LogP contribution >= 0.6 is 15.9 Å². The molecule has 0 aliphatic rings. The average Bonchev–Trinajstić information content (AvgIpc) is 2.31. The van der Waals surface area contributed by atoms with Crippen LogP contribution in [0.1, 0.15) is 25.5 Å². The van der Waals surface area contributed by atoms with Crippen LogP contribution in [0, 0.1) is 5.82 Å². The van der Waals surface area contributed by atoms with Gasteiger partial charge in [0.2, 0.25) is 0 Å². The third-order valence-electron chi connectivity index (χ3n) is 2.54. The Kier molecular flexibility index (Phi) is 3.61. The lowest BCUT2D eigenvalue weighted by Gasteiger charge is -2.08. The highest BCUT2D eigenvalue weighted by atomic mass is 79.9. The minimum Gasteiger partial charge on any atom is -0.384 e. The number of halogens is 2. The summed E-state index contributed by atoms with van der Waals surface area (Å²) in [5.74, 6) is 0.883. The molecule has 3 nitrogen and oxygen atoms in total. The third kappa shape index (κ3) is 2.67. The smallest absolute Gasteiger partial charge is 0.161 e. The van der Waals surface area contributed by atoms with Crippen LogP contribution in [0.25, 0.3) is 11.4 Å². The summed E-state index contributed by atoms with van der Waals surface area (Å²) in [6.45, 7) is 4.07. The number of hydrogen-bond donors (Lipinski definition) is 1. The first kappa shape index (κ1) is 13.0. The normalized spacial score (nSPS) is 10.9. The average molecular weight is 310 g/mol. The van der Waals surface area contributed by atoms with Crippen LogP contribution in [0.3, 0.4) is 0 Å². The predicted molar refractivity (Wildman–Crippen MR) is 73.6 cm³/mol. The highest BCUT2D eigenvalue weighted by molar-refractivity contribution is 9.10. The summed E-state index contributed by atoms with van der Waals surface area (Å²) in [5, 5.41) is 0. The van der Waals surface area contributed by atoms with Gasteiger partial charge in [-0.2, -0.15) is 0 Å². The Morgan fingerprint density at radius 3 is 2.56 bits per heavy atom. The standard InChI is InChI=1S/C13H13BrFN3/c1-7(2)11-6-12(16)18-13(17-11)8-3-4-10(15)9(14)5-8/h3-7H,1-2H3,(H2,16,17,18). The molecule has 94 valence electrons. The minimum absolute atomic E-state index is 0.262. The number of anilines is 1. The molecule has 1 aromatic heterocycles. The Morgan fingerprint density at radius 2 is 1.94 bits per heavy atom. The van der Waals surface area contributed by atoms with E-state index in [2.05, 4.69) is 25.9 Å². The lowest BCUT2D eigenvalue weighted by Crippen LogP contribution is -2.01. The van der Waals surface area contributed by atoms with E-state index < -0.39 is 0 Å². The summed E-state index contributed by atoms with van der Waals surface area (Å²) < 4.78 is 13.6. The molecule has 2 aromatic rings. The maximum absolute atomic E-state index is 13.2. The molecular weight excluding hydrogens is 297 g/mol. The maximum Gasteiger partial charge on any atom is 0.161 e. The number of hydrogen-bond acceptors (Lipinski definition) is 3. The van der Waals surface area contributed by atoms with E-state index in [1.807, 2.05) is 13.8 Å². The first-order chi connectivity index (χ1) is 8.47. The van der Waals surface area contributed by atoms with E-state index in [9.17, 15) is 4.39 Å². The van der Waals surface area contributed by atoms with Crippen LogP contribution in [0.4, 0.5) is 10.2 Å². The van der Waals surface area contributed by atoms with E-state index in [0.29, 0.717) is 16.1 Å². The number of nitrogen functional groups attached to an aromatic ring is 1. The zero-order valence-corrected chi connectivity index (χ0v) is 11.7. The largest absolute Gasteiger partial charge is 0.384 e. The Morgan fingerprint density at radius 1 is 1.22 bits per heavy atom. The Hall–Kier alpha value is -1.49. The molecule has 1 heterocycles. The molecule has 0 aliphatic carbocycles. The summed E-state index contributed by atoms with van der Waals surface area (Å²) in [7, 11) is 0. The van der Waals surface area contributed by atoms with Crippen molar-refractivity contribution in [3.63, 3.8) is 0 Å². The van der Waals surface area contributed by atoms with Crippen molar-refractivity contribution in [3.8, 4) is 11.4 Å². The topological polar surface area (TPSA) is 51.8 Å². The van der Waals surface area contributed by atoms with Crippen LogP contribution < -0.4 is 5.73 Å². The lowest BCUT2D eigenvalue weighted by molar-refractivity contribution is 0.621. The van der Waals surface area contributed by atoms with Crippen LogP contribution in [0.5, 0.6) is 0 Å². The minimum atomic E-state index is -0.313. The summed E-state index contributed by atoms with van der Waals surface area (Å²) in [5.41, 5.74) is 7.37.